The Morgan fingerprint density at radius 2 is 2.03 bits per heavy atom. The summed E-state index contributed by atoms with van der Waals surface area (Å²) in [5.74, 6) is 0.343. The zero-order valence-electron chi connectivity index (χ0n) is 17.1. The average molecular weight is 448 g/mol. The molecule has 1 aliphatic rings. The summed E-state index contributed by atoms with van der Waals surface area (Å²) in [6.45, 7) is 5.15. The van der Waals surface area contributed by atoms with Crippen LogP contribution in [0, 0.1) is 6.92 Å². The molecule has 1 unspecified atom stereocenters. The number of amidine groups is 1. The largest absolute Gasteiger partial charge is 0.493 e. The van der Waals surface area contributed by atoms with E-state index in [0.29, 0.717) is 33.9 Å². The van der Waals surface area contributed by atoms with E-state index in [1.807, 2.05) is 31.2 Å². The number of nitrogens with zero attached hydrogens (tertiary/aromatic N) is 2. The van der Waals surface area contributed by atoms with Gasteiger partial charge in [0.25, 0.3) is 0 Å². The standard InChI is InChI=1S/C21H22ClN3O4S/c1-12-6-5-7-15(8-12)11-29-19-17(22)9-16(10-18(19)28-4)20-25(14(3)27)24-21(30-20)23-13(2)26/h5-10,20H,11H2,1-4H3,(H,23,24,26). The van der Waals surface area contributed by atoms with E-state index >= 15 is 0 Å². The summed E-state index contributed by atoms with van der Waals surface area (Å²) >= 11 is 7.75. The summed E-state index contributed by atoms with van der Waals surface area (Å²) < 4.78 is 11.4. The van der Waals surface area contributed by atoms with Gasteiger partial charge in [0.05, 0.1) is 12.1 Å². The van der Waals surface area contributed by atoms with Crippen molar-refractivity contribution in [3.63, 3.8) is 0 Å². The molecule has 0 bridgehead atoms. The van der Waals surface area contributed by atoms with Gasteiger partial charge < -0.3 is 14.8 Å². The van der Waals surface area contributed by atoms with Gasteiger partial charge in [-0.25, -0.2) is 5.01 Å². The summed E-state index contributed by atoms with van der Waals surface area (Å²) in [5.41, 5.74) is 2.85. The first kappa shape index (κ1) is 22.0. The molecule has 9 heteroatoms. The number of halogens is 1. The minimum absolute atomic E-state index is 0.261. The van der Waals surface area contributed by atoms with Crippen molar-refractivity contribution in [2.45, 2.75) is 32.8 Å². The summed E-state index contributed by atoms with van der Waals surface area (Å²) in [6.07, 6.45) is 0. The summed E-state index contributed by atoms with van der Waals surface area (Å²) in [5, 5.41) is 8.32. The van der Waals surface area contributed by atoms with Gasteiger partial charge >= 0.3 is 0 Å². The van der Waals surface area contributed by atoms with Gasteiger partial charge in [0.1, 0.15) is 12.0 Å². The van der Waals surface area contributed by atoms with Crippen molar-refractivity contribution < 1.29 is 19.1 Å². The van der Waals surface area contributed by atoms with E-state index in [9.17, 15) is 9.59 Å². The number of hydrazone groups is 1. The van der Waals surface area contributed by atoms with Crippen LogP contribution < -0.4 is 14.8 Å². The number of thioether (sulfide) groups is 1. The molecule has 1 aliphatic heterocycles. The lowest BCUT2D eigenvalue weighted by atomic mass is 10.1. The lowest BCUT2D eigenvalue weighted by Gasteiger charge is -2.21. The third-order valence-electron chi connectivity index (χ3n) is 4.25. The fourth-order valence-electron chi connectivity index (χ4n) is 2.96. The van der Waals surface area contributed by atoms with E-state index in [1.54, 1.807) is 12.1 Å². The van der Waals surface area contributed by atoms with Crippen LogP contribution in [0.5, 0.6) is 11.5 Å². The van der Waals surface area contributed by atoms with Crippen molar-refractivity contribution in [2.24, 2.45) is 5.10 Å². The number of methoxy groups -OCH3 is 1. The quantitative estimate of drug-likeness (QED) is 0.741. The van der Waals surface area contributed by atoms with Crippen molar-refractivity contribution in [2.75, 3.05) is 7.11 Å². The van der Waals surface area contributed by atoms with Gasteiger partial charge in [-0.15, -0.1) is 5.10 Å². The second-order valence-electron chi connectivity index (χ2n) is 6.73. The first-order valence-electron chi connectivity index (χ1n) is 9.17. The van der Waals surface area contributed by atoms with Gasteiger partial charge in [0.15, 0.2) is 16.7 Å². The predicted molar refractivity (Wildman–Crippen MR) is 118 cm³/mol. The lowest BCUT2D eigenvalue weighted by molar-refractivity contribution is -0.129. The average Bonchev–Trinajstić information content (AvgIpc) is 3.10. The van der Waals surface area contributed by atoms with Crippen molar-refractivity contribution >= 4 is 40.3 Å². The van der Waals surface area contributed by atoms with Crippen molar-refractivity contribution in [3.8, 4) is 11.5 Å². The van der Waals surface area contributed by atoms with E-state index in [0.717, 1.165) is 11.1 Å². The van der Waals surface area contributed by atoms with Gasteiger partial charge in [-0.2, -0.15) is 0 Å². The number of carbonyl (C=O) groups is 2. The topological polar surface area (TPSA) is 80.2 Å². The number of rotatable bonds is 5. The molecule has 30 heavy (non-hydrogen) atoms. The SMILES string of the molecule is COc1cc(C2SC(NC(C)=O)=NN2C(C)=O)cc(Cl)c1OCc1cccc(C)c1. The lowest BCUT2D eigenvalue weighted by Crippen LogP contribution is -2.25. The molecular formula is C21H22ClN3O4S. The zero-order valence-corrected chi connectivity index (χ0v) is 18.6. The molecule has 0 aromatic heterocycles. The van der Waals surface area contributed by atoms with Gasteiger partial charge in [-0.3, -0.25) is 9.59 Å². The van der Waals surface area contributed by atoms with Gasteiger partial charge in [0, 0.05) is 13.8 Å². The molecule has 1 atom stereocenters. The third kappa shape index (κ3) is 5.06. The molecule has 2 aromatic rings. The second kappa shape index (κ2) is 9.40. The molecule has 1 N–H and O–H groups in total. The van der Waals surface area contributed by atoms with Crippen LogP contribution >= 0.6 is 23.4 Å². The molecule has 158 valence electrons. The minimum atomic E-state index is -0.485. The Morgan fingerprint density at radius 1 is 1.27 bits per heavy atom. The number of hydrogen-bond acceptors (Lipinski definition) is 6. The molecule has 2 aromatic carbocycles. The number of benzene rings is 2. The molecule has 1 heterocycles. The van der Waals surface area contributed by atoms with Crippen molar-refractivity contribution in [3.05, 3.63) is 58.1 Å². The Bertz CT molecular complexity index is 1010. The van der Waals surface area contributed by atoms with Crippen LogP contribution in [-0.4, -0.2) is 29.1 Å². The van der Waals surface area contributed by atoms with E-state index in [2.05, 4.69) is 10.4 Å². The van der Waals surface area contributed by atoms with Crippen LogP contribution in [0.25, 0.3) is 0 Å². The highest BCUT2D eigenvalue weighted by atomic mass is 35.5. The zero-order chi connectivity index (χ0) is 21.8. The first-order valence-corrected chi connectivity index (χ1v) is 10.4. The van der Waals surface area contributed by atoms with Gasteiger partial charge in [-0.05, 0) is 30.2 Å². The number of carbonyl (C=O) groups excluding carboxylic acids is 2. The molecule has 0 saturated carbocycles. The fraction of sp³-hybridized carbons (Fsp3) is 0.286. The number of ether oxygens (including phenoxy) is 2. The number of amides is 2. The number of aryl methyl sites for hydroxylation is 1. The highest BCUT2D eigenvalue weighted by Crippen LogP contribution is 2.44. The monoisotopic (exact) mass is 447 g/mol. The Balaban J connectivity index is 1.86. The Hall–Kier alpha value is -2.71. The third-order valence-corrected chi connectivity index (χ3v) is 5.63. The maximum Gasteiger partial charge on any atom is 0.241 e. The maximum absolute atomic E-state index is 12.1. The molecule has 0 saturated heterocycles. The molecular weight excluding hydrogens is 426 g/mol. The van der Waals surface area contributed by atoms with E-state index in [4.69, 9.17) is 21.1 Å². The Kier molecular flexibility index (Phi) is 6.89. The van der Waals surface area contributed by atoms with E-state index in [-0.39, 0.29) is 11.8 Å². The first-order chi connectivity index (χ1) is 14.3. The molecule has 7 nitrogen and oxygen atoms in total. The summed E-state index contributed by atoms with van der Waals surface area (Å²) in [4.78, 5) is 23.4. The number of hydrogen-bond donors (Lipinski definition) is 1. The van der Waals surface area contributed by atoms with Crippen LogP contribution in [0.3, 0.4) is 0 Å². The van der Waals surface area contributed by atoms with Gasteiger partial charge in [0.2, 0.25) is 11.8 Å². The molecule has 2 amide bonds. The van der Waals surface area contributed by atoms with Crippen molar-refractivity contribution in [1.82, 2.24) is 10.3 Å². The smallest absolute Gasteiger partial charge is 0.241 e. The maximum atomic E-state index is 12.1. The highest BCUT2D eigenvalue weighted by Gasteiger charge is 2.33. The fourth-order valence-corrected chi connectivity index (χ4v) is 4.35. The van der Waals surface area contributed by atoms with Crippen molar-refractivity contribution in [1.29, 1.82) is 0 Å². The Labute approximate surface area is 184 Å². The second-order valence-corrected chi connectivity index (χ2v) is 8.21. The van der Waals surface area contributed by atoms with Crippen LogP contribution in [0.1, 0.15) is 35.9 Å². The molecule has 0 fully saturated rings. The molecule has 0 radical (unpaired) electrons. The van der Waals surface area contributed by atoms with Crippen LogP contribution in [-0.2, 0) is 16.2 Å². The molecule has 3 rings (SSSR count). The summed E-state index contributed by atoms with van der Waals surface area (Å²) in [6, 6.07) is 11.5. The van der Waals surface area contributed by atoms with E-state index in [1.165, 1.54) is 37.7 Å². The summed E-state index contributed by atoms with van der Waals surface area (Å²) in [7, 11) is 1.53. The number of nitrogens with one attached hydrogen (secondary N) is 1. The van der Waals surface area contributed by atoms with E-state index < -0.39 is 5.37 Å². The molecule has 0 aliphatic carbocycles. The normalized spacial score (nSPS) is 15.6. The Morgan fingerprint density at radius 3 is 2.67 bits per heavy atom. The van der Waals surface area contributed by atoms with Gasteiger partial charge in [-0.1, -0.05) is 53.2 Å². The van der Waals surface area contributed by atoms with Crippen LogP contribution in [0.2, 0.25) is 5.02 Å². The molecule has 0 spiro atoms. The minimum Gasteiger partial charge on any atom is -0.493 e. The predicted octanol–water partition coefficient (Wildman–Crippen LogP) is 4.24. The van der Waals surface area contributed by atoms with Crippen LogP contribution in [0.15, 0.2) is 41.5 Å². The van der Waals surface area contributed by atoms with Crippen LogP contribution in [0.4, 0.5) is 0 Å². The highest BCUT2D eigenvalue weighted by molar-refractivity contribution is 8.14.